The molecule has 1 amide bonds. The van der Waals surface area contributed by atoms with Gasteiger partial charge in [0.1, 0.15) is 12.3 Å². The van der Waals surface area contributed by atoms with E-state index < -0.39 is 5.97 Å². The Balaban J connectivity index is 2.52. The molecule has 1 atom stereocenters. The number of carbonyl (C=O) groups excluding carboxylic acids is 1. The third-order valence-corrected chi connectivity index (χ3v) is 3.29. The molecule has 0 radical (unpaired) electrons. The molecule has 0 aliphatic rings. The molecule has 1 unspecified atom stereocenters. The molecule has 2 N–H and O–H groups in total. The van der Waals surface area contributed by atoms with Crippen LogP contribution >= 0.6 is 0 Å². The number of carbonyl (C=O) groups is 2. The minimum absolute atomic E-state index is 0.122. The first kappa shape index (κ1) is 17.0. The maximum atomic E-state index is 11.6. The second kappa shape index (κ2) is 8.26. The Morgan fingerprint density at radius 1 is 1.38 bits per heavy atom. The Hall–Kier alpha value is -2.08. The van der Waals surface area contributed by atoms with Gasteiger partial charge in [-0.1, -0.05) is 18.2 Å². The van der Waals surface area contributed by atoms with Crippen LogP contribution in [0.1, 0.15) is 12.5 Å². The Labute approximate surface area is 124 Å². The number of likely N-dealkylation sites (N-methyl/N-ethyl adjacent to an activating group) is 1. The van der Waals surface area contributed by atoms with Crippen LogP contribution in [0.2, 0.25) is 0 Å². The van der Waals surface area contributed by atoms with Crippen molar-refractivity contribution in [2.45, 2.75) is 19.4 Å². The first-order valence-electron chi connectivity index (χ1n) is 6.74. The summed E-state index contributed by atoms with van der Waals surface area (Å²) >= 11 is 0. The Morgan fingerprint density at radius 2 is 2.05 bits per heavy atom. The predicted octanol–water partition coefficient (Wildman–Crippen LogP) is 0.759. The van der Waals surface area contributed by atoms with E-state index in [9.17, 15) is 9.59 Å². The number of rotatable bonds is 8. The van der Waals surface area contributed by atoms with Gasteiger partial charge in [-0.25, -0.2) is 0 Å². The molecule has 0 fully saturated rings. The first-order valence-corrected chi connectivity index (χ1v) is 6.74. The molecule has 0 aliphatic heterocycles. The van der Waals surface area contributed by atoms with Crippen molar-refractivity contribution in [1.29, 1.82) is 0 Å². The van der Waals surface area contributed by atoms with E-state index in [0.717, 1.165) is 17.7 Å². The van der Waals surface area contributed by atoms with Crippen LogP contribution in [0.5, 0.6) is 5.75 Å². The normalized spacial score (nSPS) is 12.0. The van der Waals surface area contributed by atoms with Crippen molar-refractivity contribution >= 4 is 11.9 Å². The molecule has 0 aromatic heterocycles. The van der Waals surface area contributed by atoms with Crippen molar-refractivity contribution in [3.05, 3.63) is 29.8 Å². The van der Waals surface area contributed by atoms with E-state index in [1.54, 1.807) is 7.11 Å². The van der Waals surface area contributed by atoms with Crippen LogP contribution in [0.4, 0.5) is 0 Å². The van der Waals surface area contributed by atoms with Crippen molar-refractivity contribution < 1.29 is 19.4 Å². The molecular weight excluding hydrogens is 272 g/mol. The average Bonchev–Trinajstić information content (AvgIpc) is 2.45. The standard InChI is InChI=1S/C15H22N2O4/c1-11(8-12-6-4-5-7-13(12)21-3)17(2)10-14(18)16-9-15(19)20/h4-7,11H,8-10H2,1-3H3,(H,16,18)(H,19,20). The lowest BCUT2D eigenvalue weighted by Gasteiger charge is -2.24. The maximum absolute atomic E-state index is 11.6. The summed E-state index contributed by atoms with van der Waals surface area (Å²) in [5.74, 6) is -0.520. The zero-order valence-corrected chi connectivity index (χ0v) is 12.6. The van der Waals surface area contributed by atoms with Crippen molar-refractivity contribution in [2.75, 3.05) is 27.2 Å². The lowest BCUT2D eigenvalue weighted by molar-refractivity contribution is -0.138. The van der Waals surface area contributed by atoms with Crippen molar-refractivity contribution in [3.8, 4) is 5.75 Å². The zero-order valence-electron chi connectivity index (χ0n) is 12.6. The van der Waals surface area contributed by atoms with Gasteiger partial charge in [0.25, 0.3) is 0 Å². The number of nitrogens with zero attached hydrogens (tertiary/aromatic N) is 1. The van der Waals surface area contributed by atoms with Gasteiger partial charge < -0.3 is 15.2 Å². The third kappa shape index (κ3) is 5.83. The smallest absolute Gasteiger partial charge is 0.322 e. The topological polar surface area (TPSA) is 78.9 Å². The number of hydrogen-bond acceptors (Lipinski definition) is 4. The number of methoxy groups -OCH3 is 1. The average molecular weight is 294 g/mol. The molecule has 1 rings (SSSR count). The number of nitrogens with one attached hydrogen (secondary N) is 1. The third-order valence-electron chi connectivity index (χ3n) is 3.29. The second-order valence-electron chi connectivity index (χ2n) is 4.95. The van der Waals surface area contributed by atoms with E-state index in [1.807, 2.05) is 43.1 Å². The summed E-state index contributed by atoms with van der Waals surface area (Å²) in [6, 6.07) is 7.88. The molecule has 0 aliphatic carbocycles. The molecule has 0 bridgehead atoms. The van der Waals surface area contributed by atoms with Gasteiger partial charge in [0, 0.05) is 6.04 Å². The fourth-order valence-corrected chi connectivity index (χ4v) is 1.96. The van der Waals surface area contributed by atoms with Crippen molar-refractivity contribution in [1.82, 2.24) is 10.2 Å². The highest BCUT2D eigenvalue weighted by atomic mass is 16.5. The molecule has 0 spiro atoms. The van der Waals surface area contributed by atoms with Crippen LogP contribution in [0.25, 0.3) is 0 Å². The number of carboxylic acid groups (broad SMARTS) is 1. The van der Waals surface area contributed by atoms with E-state index in [2.05, 4.69) is 5.32 Å². The summed E-state index contributed by atoms with van der Waals surface area (Å²) < 4.78 is 5.31. The molecule has 0 saturated heterocycles. The van der Waals surface area contributed by atoms with Gasteiger partial charge in [0.2, 0.25) is 5.91 Å². The van der Waals surface area contributed by atoms with Gasteiger partial charge in [-0.05, 0) is 32.0 Å². The van der Waals surface area contributed by atoms with Crippen LogP contribution in [-0.2, 0) is 16.0 Å². The molecule has 6 heteroatoms. The van der Waals surface area contributed by atoms with Gasteiger partial charge in [0.15, 0.2) is 0 Å². The van der Waals surface area contributed by atoms with Crippen LogP contribution < -0.4 is 10.1 Å². The minimum atomic E-state index is -1.05. The SMILES string of the molecule is COc1ccccc1CC(C)N(C)CC(=O)NCC(=O)O. The van der Waals surface area contributed by atoms with Crippen LogP contribution in [0, 0.1) is 0 Å². The minimum Gasteiger partial charge on any atom is -0.496 e. The monoisotopic (exact) mass is 294 g/mol. The molecule has 0 heterocycles. The largest absolute Gasteiger partial charge is 0.496 e. The Bertz CT molecular complexity index is 490. The number of hydrogen-bond donors (Lipinski definition) is 2. The van der Waals surface area contributed by atoms with Crippen LogP contribution in [0.3, 0.4) is 0 Å². The molecule has 0 saturated carbocycles. The number of ether oxygens (including phenoxy) is 1. The summed E-state index contributed by atoms with van der Waals surface area (Å²) in [5, 5.41) is 10.9. The number of para-hydroxylation sites is 1. The van der Waals surface area contributed by atoms with E-state index in [0.29, 0.717) is 0 Å². The van der Waals surface area contributed by atoms with E-state index >= 15 is 0 Å². The number of carboxylic acids is 1. The number of benzene rings is 1. The van der Waals surface area contributed by atoms with E-state index in [-0.39, 0.29) is 25.0 Å². The highest BCUT2D eigenvalue weighted by Gasteiger charge is 2.15. The molecule has 116 valence electrons. The lowest BCUT2D eigenvalue weighted by atomic mass is 10.1. The second-order valence-corrected chi connectivity index (χ2v) is 4.95. The molecule has 1 aromatic carbocycles. The predicted molar refractivity (Wildman–Crippen MR) is 79.4 cm³/mol. The van der Waals surface area contributed by atoms with Crippen LogP contribution in [0.15, 0.2) is 24.3 Å². The van der Waals surface area contributed by atoms with E-state index in [4.69, 9.17) is 9.84 Å². The highest BCUT2D eigenvalue weighted by Crippen LogP contribution is 2.20. The fourth-order valence-electron chi connectivity index (χ4n) is 1.96. The van der Waals surface area contributed by atoms with Gasteiger partial charge >= 0.3 is 5.97 Å². The van der Waals surface area contributed by atoms with Gasteiger partial charge in [-0.2, -0.15) is 0 Å². The molecule has 6 nitrogen and oxygen atoms in total. The first-order chi connectivity index (χ1) is 9.93. The van der Waals surface area contributed by atoms with Crippen LogP contribution in [-0.4, -0.2) is 55.2 Å². The van der Waals surface area contributed by atoms with Crippen molar-refractivity contribution in [2.24, 2.45) is 0 Å². The summed E-state index contributed by atoms with van der Waals surface area (Å²) in [6.07, 6.45) is 0.743. The summed E-state index contributed by atoms with van der Waals surface area (Å²) in [5.41, 5.74) is 1.07. The van der Waals surface area contributed by atoms with Gasteiger partial charge in [-0.15, -0.1) is 0 Å². The fraction of sp³-hybridized carbons (Fsp3) is 0.467. The van der Waals surface area contributed by atoms with E-state index in [1.165, 1.54) is 0 Å². The van der Waals surface area contributed by atoms with Gasteiger partial charge in [0.05, 0.1) is 13.7 Å². The summed E-state index contributed by atoms with van der Waals surface area (Å²) in [6.45, 7) is 1.81. The Morgan fingerprint density at radius 3 is 2.67 bits per heavy atom. The number of aliphatic carboxylic acids is 1. The quantitative estimate of drug-likeness (QED) is 0.740. The zero-order chi connectivity index (χ0) is 15.8. The summed E-state index contributed by atoms with van der Waals surface area (Å²) in [4.78, 5) is 23.9. The molecular formula is C15H22N2O4. The molecule has 21 heavy (non-hydrogen) atoms. The lowest BCUT2D eigenvalue weighted by Crippen LogP contribution is -2.41. The maximum Gasteiger partial charge on any atom is 0.322 e. The molecule has 1 aromatic rings. The summed E-state index contributed by atoms with van der Waals surface area (Å²) in [7, 11) is 3.47. The Kier molecular flexibility index (Phi) is 6.68. The van der Waals surface area contributed by atoms with Crippen molar-refractivity contribution in [3.63, 3.8) is 0 Å². The van der Waals surface area contributed by atoms with Gasteiger partial charge in [-0.3, -0.25) is 14.5 Å². The number of amides is 1. The highest BCUT2D eigenvalue weighted by molar-refractivity contribution is 5.82.